The minimum absolute atomic E-state index is 0.0884. The summed E-state index contributed by atoms with van der Waals surface area (Å²) in [6.07, 6.45) is 1.63. The minimum Gasteiger partial charge on any atom is -0.336 e. The molecular formula is C15H16FN3O3S. The summed E-state index contributed by atoms with van der Waals surface area (Å²) in [6.45, 7) is 0.335. The van der Waals surface area contributed by atoms with Gasteiger partial charge in [-0.3, -0.25) is 9.89 Å². The van der Waals surface area contributed by atoms with E-state index < -0.39 is 20.9 Å². The summed E-state index contributed by atoms with van der Waals surface area (Å²) in [5.74, 6) is -1.02. The lowest BCUT2D eigenvalue weighted by Gasteiger charge is -2.19. The Labute approximate surface area is 133 Å². The Bertz CT molecular complexity index is 805. The molecule has 0 bridgehead atoms. The van der Waals surface area contributed by atoms with Crippen molar-refractivity contribution in [2.45, 2.75) is 11.7 Å². The number of benzene rings is 1. The molecule has 1 unspecified atom stereocenters. The van der Waals surface area contributed by atoms with Crippen LogP contribution in [-0.2, 0) is 9.84 Å². The van der Waals surface area contributed by atoms with Crippen LogP contribution in [0.5, 0.6) is 0 Å². The second-order valence-corrected chi connectivity index (χ2v) is 7.73. The molecule has 0 saturated carbocycles. The van der Waals surface area contributed by atoms with Crippen LogP contribution in [0, 0.1) is 5.82 Å². The monoisotopic (exact) mass is 337 g/mol. The lowest BCUT2D eigenvalue weighted by molar-refractivity contribution is 0.0760. The van der Waals surface area contributed by atoms with Crippen LogP contribution in [0.1, 0.15) is 27.7 Å². The summed E-state index contributed by atoms with van der Waals surface area (Å²) in [5.41, 5.74) is 0.482. The molecule has 2 heterocycles. The fourth-order valence-electron chi connectivity index (χ4n) is 2.78. The molecule has 0 spiro atoms. The van der Waals surface area contributed by atoms with E-state index in [1.165, 1.54) is 35.4 Å². The summed E-state index contributed by atoms with van der Waals surface area (Å²) in [4.78, 5) is 13.8. The molecule has 1 fully saturated rings. The fraction of sp³-hybridized carbons (Fsp3) is 0.333. The molecule has 1 N–H and O–H groups in total. The number of H-pyrrole nitrogens is 1. The number of hydrogen-bond donors (Lipinski definition) is 1. The standard InChI is InChI=1S/C15H16FN3O3S/c16-12-4-2-1-3-11(12)14-6-8-19(9-10-23(14,21)22)15(20)13-5-7-17-18-13/h1-5,7,14H,6,8-10H2,(H,17,18). The minimum atomic E-state index is -3.53. The third-order valence-corrected chi connectivity index (χ3v) is 6.12. The van der Waals surface area contributed by atoms with Gasteiger partial charge in [0.2, 0.25) is 0 Å². The summed E-state index contributed by atoms with van der Waals surface area (Å²) in [5, 5.41) is 5.37. The van der Waals surface area contributed by atoms with E-state index >= 15 is 0 Å². The van der Waals surface area contributed by atoms with Gasteiger partial charge in [0, 0.05) is 24.8 Å². The number of aromatic amines is 1. The van der Waals surface area contributed by atoms with Crippen molar-refractivity contribution in [2.24, 2.45) is 0 Å². The Morgan fingerprint density at radius 3 is 2.74 bits per heavy atom. The molecule has 3 rings (SSSR count). The maximum absolute atomic E-state index is 14.0. The predicted molar refractivity (Wildman–Crippen MR) is 82.0 cm³/mol. The number of halogens is 1. The maximum Gasteiger partial charge on any atom is 0.271 e. The van der Waals surface area contributed by atoms with Gasteiger partial charge >= 0.3 is 0 Å². The van der Waals surface area contributed by atoms with Gasteiger partial charge in [-0.15, -0.1) is 0 Å². The Morgan fingerprint density at radius 1 is 1.26 bits per heavy atom. The van der Waals surface area contributed by atoms with Gasteiger partial charge in [0.05, 0.1) is 11.0 Å². The van der Waals surface area contributed by atoms with Gasteiger partial charge < -0.3 is 4.90 Å². The molecule has 1 amide bonds. The number of sulfone groups is 1. The van der Waals surface area contributed by atoms with Crippen LogP contribution in [0.25, 0.3) is 0 Å². The SMILES string of the molecule is O=C(c1ccn[nH]1)N1CCC(c2ccccc2F)S(=O)(=O)CC1. The fourth-order valence-corrected chi connectivity index (χ4v) is 4.58. The number of rotatable bonds is 2. The highest BCUT2D eigenvalue weighted by Crippen LogP contribution is 2.31. The topological polar surface area (TPSA) is 83.1 Å². The molecule has 1 aromatic carbocycles. The zero-order chi connectivity index (χ0) is 16.4. The van der Waals surface area contributed by atoms with Crippen molar-refractivity contribution in [1.82, 2.24) is 15.1 Å². The van der Waals surface area contributed by atoms with Gasteiger partial charge in [-0.1, -0.05) is 18.2 Å². The summed E-state index contributed by atoms with van der Waals surface area (Å²) >= 11 is 0. The summed E-state index contributed by atoms with van der Waals surface area (Å²) in [7, 11) is -3.53. The van der Waals surface area contributed by atoms with Crippen molar-refractivity contribution >= 4 is 15.7 Å². The Balaban J connectivity index is 1.86. The molecule has 1 atom stereocenters. The van der Waals surface area contributed by atoms with Crippen LogP contribution >= 0.6 is 0 Å². The third-order valence-electron chi connectivity index (χ3n) is 4.01. The van der Waals surface area contributed by atoms with Crippen LogP contribution in [0.3, 0.4) is 0 Å². The van der Waals surface area contributed by atoms with Crippen molar-refractivity contribution in [1.29, 1.82) is 0 Å². The Hall–Kier alpha value is -2.22. The first-order chi connectivity index (χ1) is 11.0. The first kappa shape index (κ1) is 15.7. The van der Waals surface area contributed by atoms with E-state index in [0.717, 1.165) is 0 Å². The van der Waals surface area contributed by atoms with E-state index in [0.29, 0.717) is 5.69 Å². The van der Waals surface area contributed by atoms with Crippen molar-refractivity contribution in [2.75, 3.05) is 18.8 Å². The van der Waals surface area contributed by atoms with Gasteiger partial charge in [0.1, 0.15) is 11.5 Å². The Kier molecular flexibility index (Phi) is 4.16. The second-order valence-electron chi connectivity index (χ2n) is 5.43. The third kappa shape index (κ3) is 3.12. The maximum atomic E-state index is 14.0. The van der Waals surface area contributed by atoms with Gasteiger partial charge in [-0.05, 0) is 18.6 Å². The van der Waals surface area contributed by atoms with E-state index in [-0.39, 0.29) is 36.7 Å². The highest BCUT2D eigenvalue weighted by molar-refractivity contribution is 7.91. The van der Waals surface area contributed by atoms with Gasteiger partial charge in [-0.25, -0.2) is 12.8 Å². The van der Waals surface area contributed by atoms with Crippen LogP contribution in [0.15, 0.2) is 36.5 Å². The van der Waals surface area contributed by atoms with Gasteiger partial charge in [-0.2, -0.15) is 5.10 Å². The zero-order valence-corrected chi connectivity index (χ0v) is 13.1. The van der Waals surface area contributed by atoms with E-state index in [4.69, 9.17) is 0 Å². The number of aromatic nitrogens is 2. The highest BCUT2D eigenvalue weighted by Gasteiger charge is 2.34. The molecule has 8 heteroatoms. The molecule has 23 heavy (non-hydrogen) atoms. The lowest BCUT2D eigenvalue weighted by Crippen LogP contribution is -2.33. The van der Waals surface area contributed by atoms with Crippen LogP contribution in [0.4, 0.5) is 4.39 Å². The molecule has 0 radical (unpaired) electrons. The van der Waals surface area contributed by atoms with Crippen LogP contribution < -0.4 is 0 Å². The number of hydrogen-bond acceptors (Lipinski definition) is 4. The van der Waals surface area contributed by atoms with Gasteiger partial charge in [0.15, 0.2) is 9.84 Å². The molecule has 1 aromatic heterocycles. The largest absolute Gasteiger partial charge is 0.336 e. The average molecular weight is 337 g/mol. The number of amides is 1. The van der Waals surface area contributed by atoms with Crippen LogP contribution in [-0.4, -0.2) is 48.3 Å². The van der Waals surface area contributed by atoms with E-state index in [1.807, 2.05) is 0 Å². The summed E-state index contributed by atoms with van der Waals surface area (Å²) < 4.78 is 38.9. The van der Waals surface area contributed by atoms with E-state index in [2.05, 4.69) is 10.2 Å². The predicted octanol–water partition coefficient (Wildman–Crippen LogP) is 1.55. The quantitative estimate of drug-likeness (QED) is 0.901. The first-order valence-corrected chi connectivity index (χ1v) is 8.95. The van der Waals surface area contributed by atoms with Crippen LogP contribution in [0.2, 0.25) is 0 Å². The normalized spacial score (nSPS) is 20.9. The molecular weight excluding hydrogens is 321 g/mol. The zero-order valence-electron chi connectivity index (χ0n) is 12.3. The highest BCUT2D eigenvalue weighted by atomic mass is 32.2. The molecule has 1 aliphatic rings. The van der Waals surface area contributed by atoms with E-state index in [1.54, 1.807) is 6.07 Å². The van der Waals surface area contributed by atoms with Gasteiger partial charge in [0.25, 0.3) is 5.91 Å². The molecule has 2 aromatic rings. The summed E-state index contributed by atoms with van der Waals surface area (Å²) in [6, 6.07) is 7.42. The number of nitrogens with zero attached hydrogens (tertiary/aromatic N) is 2. The first-order valence-electron chi connectivity index (χ1n) is 7.23. The number of carbonyl (C=O) groups excluding carboxylic acids is 1. The van der Waals surface area contributed by atoms with Crippen molar-refractivity contribution in [3.63, 3.8) is 0 Å². The van der Waals surface area contributed by atoms with Crippen molar-refractivity contribution in [3.8, 4) is 0 Å². The molecule has 1 aliphatic heterocycles. The van der Waals surface area contributed by atoms with Crippen molar-refractivity contribution in [3.05, 3.63) is 53.6 Å². The molecule has 6 nitrogen and oxygen atoms in total. The van der Waals surface area contributed by atoms with Crippen molar-refractivity contribution < 1.29 is 17.6 Å². The Morgan fingerprint density at radius 2 is 2.04 bits per heavy atom. The molecule has 122 valence electrons. The lowest BCUT2D eigenvalue weighted by atomic mass is 10.1. The molecule has 0 aliphatic carbocycles. The average Bonchev–Trinajstić information content (AvgIpc) is 3.00. The molecule has 1 saturated heterocycles. The number of carbonyl (C=O) groups is 1. The smallest absolute Gasteiger partial charge is 0.271 e. The number of nitrogens with one attached hydrogen (secondary N) is 1. The van der Waals surface area contributed by atoms with E-state index in [9.17, 15) is 17.6 Å². The second kappa shape index (κ2) is 6.11.